The van der Waals surface area contributed by atoms with Gasteiger partial charge in [0.15, 0.2) is 5.52 Å². The Balaban J connectivity index is 1.93. The van der Waals surface area contributed by atoms with Gasteiger partial charge in [0, 0.05) is 21.1 Å². The molecule has 136 valence electrons. The van der Waals surface area contributed by atoms with E-state index in [1.165, 1.54) is 20.5 Å². The van der Waals surface area contributed by atoms with Crippen LogP contribution in [0.5, 0.6) is 0 Å². The van der Waals surface area contributed by atoms with E-state index in [2.05, 4.69) is 4.98 Å². The molecule has 3 heterocycles. The molecule has 4 aromatic rings. The third kappa shape index (κ3) is 3.43. The van der Waals surface area contributed by atoms with Gasteiger partial charge in [0.05, 0.1) is 18.6 Å². The fourth-order valence-corrected chi connectivity index (χ4v) is 4.07. The average molecular weight is 418 g/mol. The Morgan fingerprint density at radius 3 is 2.59 bits per heavy atom. The first-order valence-electron chi connectivity index (χ1n) is 8.09. The lowest BCUT2D eigenvalue weighted by Gasteiger charge is -2.14. The number of pyridine rings is 1. The number of hydrogen-bond donors (Lipinski definition) is 0. The molecule has 27 heavy (non-hydrogen) atoms. The number of fused-ring (bicyclic) bond motifs is 1. The van der Waals surface area contributed by atoms with Gasteiger partial charge in [-0.15, -0.1) is 11.3 Å². The average Bonchev–Trinajstić information content (AvgIpc) is 3.17. The van der Waals surface area contributed by atoms with E-state index in [1.807, 2.05) is 17.5 Å². The molecule has 4 rings (SSSR count). The van der Waals surface area contributed by atoms with E-state index in [1.54, 1.807) is 36.5 Å². The fourth-order valence-electron chi connectivity index (χ4n) is 2.91. The second-order valence-corrected chi connectivity index (χ2v) is 7.82. The number of thiophene rings is 1. The van der Waals surface area contributed by atoms with Crippen molar-refractivity contribution in [3.8, 4) is 0 Å². The molecule has 0 aliphatic carbocycles. The minimum Gasteiger partial charge on any atom is -0.287 e. The van der Waals surface area contributed by atoms with Crippen molar-refractivity contribution < 1.29 is 0 Å². The normalized spacial score (nSPS) is 11.2. The Bertz CT molecular complexity index is 1250. The molecule has 5 nitrogen and oxygen atoms in total. The molecule has 0 aliphatic rings. The van der Waals surface area contributed by atoms with Gasteiger partial charge < -0.3 is 0 Å². The first-order chi connectivity index (χ1) is 13.0. The number of hydrogen-bond acceptors (Lipinski definition) is 4. The zero-order valence-corrected chi connectivity index (χ0v) is 16.3. The Morgan fingerprint density at radius 2 is 1.85 bits per heavy atom. The van der Waals surface area contributed by atoms with Crippen LogP contribution in [-0.4, -0.2) is 14.1 Å². The van der Waals surface area contributed by atoms with Crippen LogP contribution in [0.4, 0.5) is 0 Å². The molecule has 1 aromatic carbocycles. The van der Waals surface area contributed by atoms with E-state index in [-0.39, 0.29) is 18.6 Å². The monoisotopic (exact) mass is 417 g/mol. The van der Waals surface area contributed by atoms with Crippen molar-refractivity contribution in [2.24, 2.45) is 0 Å². The van der Waals surface area contributed by atoms with Crippen LogP contribution in [0.25, 0.3) is 11.0 Å². The number of aromatic nitrogens is 3. The maximum atomic E-state index is 13.1. The summed E-state index contributed by atoms with van der Waals surface area (Å²) in [5, 5.41) is 2.89. The highest BCUT2D eigenvalue weighted by Crippen LogP contribution is 2.22. The van der Waals surface area contributed by atoms with Crippen LogP contribution in [0, 0.1) is 0 Å². The Hall–Kier alpha value is -2.41. The predicted molar refractivity (Wildman–Crippen MR) is 109 cm³/mol. The van der Waals surface area contributed by atoms with Crippen molar-refractivity contribution in [3.63, 3.8) is 0 Å². The molecule has 0 radical (unpaired) electrons. The highest BCUT2D eigenvalue weighted by Gasteiger charge is 2.15. The lowest BCUT2D eigenvalue weighted by atomic mass is 10.2. The second kappa shape index (κ2) is 7.31. The molecular formula is C19H13Cl2N3O2S. The van der Waals surface area contributed by atoms with Gasteiger partial charge in [0.2, 0.25) is 0 Å². The maximum Gasteiger partial charge on any atom is 0.332 e. The maximum absolute atomic E-state index is 13.1. The van der Waals surface area contributed by atoms with Crippen molar-refractivity contribution in [1.29, 1.82) is 0 Å². The zero-order chi connectivity index (χ0) is 19.0. The van der Waals surface area contributed by atoms with Crippen LogP contribution < -0.4 is 11.2 Å². The standard InChI is InChI=1S/C19H13Cl2N3O2S/c20-13-6-5-12(15(21)9-13)10-23-16-4-1-7-22-17(16)18(25)24(19(23)26)11-14-3-2-8-27-14/h1-9H,10-11H2. The van der Waals surface area contributed by atoms with Crippen molar-refractivity contribution >= 4 is 45.6 Å². The lowest BCUT2D eigenvalue weighted by molar-refractivity contribution is 0.637. The van der Waals surface area contributed by atoms with Gasteiger partial charge in [-0.1, -0.05) is 35.3 Å². The van der Waals surface area contributed by atoms with Crippen LogP contribution in [-0.2, 0) is 13.1 Å². The number of benzene rings is 1. The van der Waals surface area contributed by atoms with Gasteiger partial charge in [-0.05, 0) is 41.3 Å². The molecule has 3 aromatic heterocycles. The largest absolute Gasteiger partial charge is 0.332 e. The number of nitrogens with zero attached hydrogens (tertiary/aromatic N) is 3. The summed E-state index contributed by atoms with van der Waals surface area (Å²) in [4.78, 5) is 31.1. The van der Waals surface area contributed by atoms with E-state index in [9.17, 15) is 9.59 Å². The van der Waals surface area contributed by atoms with Crippen LogP contribution in [0.1, 0.15) is 10.4 Å². The quantitative estimate of drug-likeness (QED) is 0.503. The smallest absolute Gasteiger partial charge is 0.287 e. The molecule has 0 aliphatic heterocycles. The van der Waals surface area contributed by atoms with E-state index in [0.29, 0.717) is 15.6 Å². The summed E-state index contributed by atoms with van der Waals surface area (Å²) >= 11 is 13.7. The molecule has 0 N–H and O–H groups in total. The summed E-state index contributed by atoms with van der Waals surface area (Å²) in [7, 11) is 0. The first-order valence-corrected chi connectivity index (χ1v) is 9.73. The zero-order valence-electron chi connectivity index (χ0n) is 13.9. The van der Waals surface area contributed by atoms with Crippen LogP contribution in [0.2, 0.25) is 10.0 Å². The van der Waals surface area contributed by atoms with E-state index < -0.39 is 11.2 Å². The minimum atomic E-state index is -0.403. The Morgan fingerprint density at radius 1 is 1.00 bits per heavy atom. The van der Waals surface area contributed by atoms with Crippen LogP contribution in [0.3, 0.4) is 0 Å². The molecule has 0 atom stereocenters. The van der Waals surface area contributed by atoms with Gasteiger partial charge in [-0.2, -0.15) is 0 Å². The molecule has 0 fully saturated rings. The van der Waals surface area contributed by atoms with Crippen molar-refractivity contribution in [2.45, 2.75) is 13.1 Å². The molecule has 0 unspecified atom stereocenters. The van der Waals surface area contributed by atoms with Gasteiger partial charge in [0.25, 0.3) is 5.56 Å². The molecule has 0 amide bonds. The number of rotatable bonds is 4. The summed E-state index contributed by atoms with van der Waals surface area (Å²) < 4.78 is 2.73. The van der Waals surface area contributed by atoms with Gasteiger partial charge in [-0.25, -0.2) is 9.78 Å². The third-order valence-electron chi connectivity index (χ3n) is 4.22. The molecule has 0 saturated heterocycles. The molecular weight excluding hydrogens is 405 g/mol. The molecule has 8 heteroatoms. The molecule has 0 saturated carbocycles. The highest BCUT2D eigenvalue weighted by atomic mass is 35.5. The van der Waals surface area contributed by atoms with E-state index in [0.717, 1.165) is 10.4 Å². The second-order valence-electron chi connectivity index (χ2n) is 5.95. The third-order valence-corrected chi connectivity index (χ3v) is 5.67. The highest BCUT2D eigenvalue weighted by molar-refractivity contribution is 7.09. The summed E-state index contributed by atoms with van der Waals surface area (Å²) in [5.74, 6) is 0. The topological polar surface area (TPSA) is 56.9 Å². The van der Waals surface area contributed by atoms with Gasteiger partial charge >= 0.3 is 5.69 Å². The van der Waals surface area contributed by atoms with Crippen molar-refractivity contribution in [1.82, 2.24) is 14.1 Å². The SMILES string of the molecule is O=c1c2ncccc2n(Cc2ccc(Cl)cc2Cl)c(=O)n1Cc1cccs1. The van der Waals surface area contributed by atoms with Gasteiger partial charge in [0.1, 0.15) is 0 Å². The van der Waals surface area contributed by atoms with Crippen molar-refractivity contribution in [2.75, 3.05) is 0 Å². The Kier molecular flexibility index (Phi) is 4.86. The summed E-state index contributed by atoms with van der Waals surface area (Å²) in [5.41, 5.74) is 0.650. The van der Waals surface area contributed by atoms with Crippen LogP contribution >= 0.6 is 34.5 Å². The van der Waals surface area contributed by atoms with Crippen LogP contribution in [0.15, 0.2) is 63.6 Å². The van der Waals surface area contributed by atoms with E-state index >= 15 is 0 Å². The minimum absolute atomic E-state index is 0.205. The first kappa shape index (κ1) is 18.0. The van der Waals surface area contributed by atoms with E-state index in [4.69, 9.17) is 23.2 Å². The number of halogens is 2. The molecule has 0 spiro atoms. The fraction of sp³-hybridized carbons (Fsp3) is 0.105. The predicted octanol–water partition coefficient (Wildman–Crippen LogP) is 4.02. The molecule has 0 bridgehead atoms. The lowest BCUT2D eigenvalue weighted by Crippen LogP contribution is -2.40. The summed E-state index contributed by atoms with van der Waals surface area (Å²) in [6.07, 6.45) is 1.54. The van der Waals surface area contributed by atoms with Crippen molar-refractivity contribution in [3.05, 3.63) is 95.4 Å². The summed E-state index contributed by atoms with van der Waals surface area (Å²) in [6.45, 7) is 0.415. The Labute approximate surface area is 168 Å². The van der Waals surface area contributed by atoms with Gasteiger partial charge in [-0.3, -0.25) is 13.9 Å². The summed E-state index contributed by atoms with van der Waals surface area (Å²) in [6, 6.07) is 12.3.